The number of imidazole rings is 1. The summed E-state index contributed by atoms with van der Waals surface area (Å²) in [5.74, 6) is 1.40. The van der Waals surface area contributed by atoms with Crippen molar-refractivity contribution in [3.63, 3.8) is 0 Å². The van der Waals surface area contributed by atoms with E-state index in [0.717, 1.165) is 29.9 Å². The lowest BCUT2D eigenvalue weighted by molar-refractivity contribution is 0.859. The fraction of sp³-hybridized carbons (Fsp3) is 0.333. The van der Waals surface area contributed by atoms with Crippen LogP contribution in [0.3, 0.4) is 0 Å². The topological polar surface area (TPSA) is 30.7 Å². The summed E-state index contributed by atoms with van der Waals surface area (Å²) in [5.41, 5.74) is 2.19. The van der Waals surface area contributed by atoms with Crippen molar-refractivity contribution in [2.24, 2.45) is 0 Å². The molecule has 3 nitrogen and oxygen atoms in total. The largest absolute Gasteiger partial charge is 0.291 e. The van der Waals surface area contributed by atoms with Crippen LogP contribution in [0, 0.1) is 0 Å². The van der Waals surface area contributed by atoms with Crippen LogP contribution >= 0.6 is 11.6 Å². The van der Waals surface area contributed by atoms with E-state index in [9.17, 15) is 0 Å². The van der Waals surface area contributed by atoms with Crippen molar-refractivity contribution in [3.8, 4) is 5.82 Å². The zero-order valence-corrected chi connectivity index (χ0v) is 9.98. The first kappa shape index (κ1) is 11.1. The van der Waals surface area contributed by atoms with Gasteiger partial charge in [0.2, 0.25) is 0 Å². The van der Waals surface area contributed by atoms with E-state index in [1.165, 1.54) is 0 Å². The Labute approximate surface area is 100 Å². The molecule has 2 aromatic heterocycles. The first-order chi connectivity index (χ1) is 7.83. The highest BCUT2D eigenvalue weighted by molar-refractivity contribution is 6.17. The van der Waals surface area contributed by atoms with E-state index >= 15 is 0 Å². The lowest BCUT2D eigenvalue weighted by Gasteiger charge is -2.07. The first-order valence-electron chi connectivity index (χ1n) is 5.37. The Morgan fingerprint density at radius 3 is 2.88 bits per heavy atom. The molecule has 0 aliphatic rings. The summed E-state index contributed by atoms with van der Waals surface area (Å²) in [6.07, 6.45) is 7.44. The number of pyridine rings is 1. The first-order valence-corrected chi connectivity index (χ1v) is 5.91. The molecule has 0 aliphatic carbocycles. The highest BCUT2D eigenvalue weighted by Gasteiger charge is 2.03. The predicted molar refractivity (Wildman–Crippen MR) is 64.9 cm³/mol. The van der Waals surface area contributed by atoms with Crippen molar-refractivity contribution in [3.05, 3.63) is 42.1 Å². The molecule has 0 fully saturated rings. The molecule has 2 aromatic rings. The maximum Gasteiger partial charge on any atom is 0.138 e. The fourth-order valence-electron chi connectivity index (χ4n) is 1.62. The van der Waals surface area contributed by atoms with E-state index in [1.807, 2.05) is 16.8 Å². The SMILES string of the molecule is CCCc1cc(CCl)cc(-n2ccnc2)n1. The Hall–Kier alpha value is -1.35. The number of rotatable bonds is 4. The number of hydrogen-bond donors (Lipinski definition) is 0. The maximum atomic E-state index is 5.88. The Bertz CT molecular complexity index is 451. The van der Waals surface area contributed by atoms with Crippen LogP contribution in [0.4, 0.5) is 0 Å². The number of aromatic nitrogens is 3. The minimum absolute atomic E-state index is 0.515. The molecule has 2 heterocycles. The smallest absolute Gasteiger partial charge is 0.138 e. The Morgan fingerprint density at radius 2 is 2.25 bits per heavy atom. The quantitative estimate of drug-likeness (QED) is 0.763. The minimum atomic E-state index is 0.515. The molecular weight excluding hydrogens is 222 g/mol. The van der Waals surface area contributed by atoms with Crippen LogP contribution in [0.25, 0.3) is 5.82 Å². The van der Waals surface area contributed by atoms with E-state index < -0.39 is 0 Å². The van der Waals surface area contributed by atoms with E-state index in [4.69, 9.17) is 11.6 Å². The van der Waals surface area contributed by atoms with Gasteiger partial charge in [-0.3, -0.25) is 4.57 Å². The molecule has 84 valence electrons. The van der Waals surface area contributed by atoms with Crippen LogP contribution in [-0.4, -0.2) is 14.5 Å². The van der Waals surface area contributed by atoms with Crippen molar-refractivity contribution in [1.29, 1.82) is 0 Å². The van der Waals surface area contributed by atoms with E-state index in [2.05, 4.69) is 23.0 Å². The van der Waals surface area contributed by atoms with Gasteiger partial charge in [-0.25, -0.2) is 9.97 Å². The molecule has 2 rings (SSSR count). The highest BCUT2D eigenvalue weighted by Crippen LogP contribution is 2.13. The van der Waals surface area contributed by atoms with Gasteiger partial charge in [0.1, 0.15) is 12.1 Å². The number of nitrogens with zero attached hydrogens (tertiary/aromatic N) is 3. The summed E-state index contributed by atoms with van der Waals surface area (Å²) < 4.78 is 1.90. The zero-order chi connectivity index (χ0) is 11.4. The van der Waals surface area contributed by atoms with Gasteiger partial charge >= 0.3 is 0 Å². The van der Waals surface area contributed by atoms with Gasteiger partial charge in [0.05, 0.1) is 0 Å². The molecule has 0 aromatic carbocycles. The number of aryl methyl sites for hydroxylation is 1. The molecule has 0 saturated carbocycles. The molecule has 16 heavy (non-hydrogen) atoms. The number of halogens is 1. The molecule has 0 N–H and O–H groups in total. The van der Waals surface area contributed by atoms with Crippen LogP contribution in [0.15, 0.2) is 30.9 Å². The third kappa shape index (κ3) is 2.42. The molecule has 0 amide bonds. The molecule has 0 spiro atoms. The molecular formula is C12H14ClN3. The van der Waals surface area contributed by atoms with E-state index in [0.29, 0.717) is 5.88 Å². The summed E-state index contributed by atoms with van der Waals surface area (Å²) in [7, 11) is 0. The highest BCUT2D eigenvalue weighted by atomic mass is 35.5. The lowest BCUT2D eigenvalue weighted by Crippen LogP contribution is -2.00. The molecule has 0 aliphatic heterocycles. The Morgan fingerprint density at radius 1 is 1.38 bits per heavy atom. The standard InChI is InChI=1S/C12H14ClN3/c1-2-3-11-6-10(8-13)7-12(15-11)16-5-4-14-9-16/h4-7,9H,2-3,8H2,1H3. The summed E-state index contributed by atoms with van der Waals surface area (Å²) in [6.45, 7) is 2.14. The van der Waals surface area contributed by atoms with Crippen LogP contribution in [0.2, 0.25) is 0 Å². The van der Waals surface area contributed by atoms with Gasteiger partial charge in [-0.1, -0.05) is 13.3 Å². The Kier molecular flexibility index (Phi) is 3.57. The van der Waals surface area contributed by atoms with Gasteiger partial charge in [0.25, 0.3) is 0 Å². The van der Waals surface area contributed by atoms with Gasteiger partial charge in [0.15, 0.2) is 0 Å². The predicted octanol–water partition coefficient (Wildman–Crippen LogP) is 2.96. The molecule has 0 bridgehead atoms. The zero-order valence-electron chi connectivity index (χ0n) is 9.23. The van der Waals surface area contributed by atoms with Crippen molar-refractivity contribution in [2.45, 2.75) is 25.6 Å². The number of alkyl halides is 1. The second kappa shape index (κ2) is 5.12. The van der Waals surface area contributed by atoms with Crippen molar-refractivity contribution in [1.82, 2.24) is 14.5 Å². The van der Waals surface area contributed by atoms with Gasteiger partial charge in [0, 0.05) is 24.0 Å². The van der Waals surface area contributed by atoms with Gasteiger partial charge < -0.3 is 0 Å². The van der Waals surface area contributed by atoms with E-state index in [1.54, 1.807) is 12.5 Å². The maximum absolute atomic E-state index is 5.88. The summed E-state index contributed by atoms with van der Waals surface area (Å²) >= 11 is 5.88. The summed E-state index contributed by atoms with van der Waals surface area (Å²) in [6, 6.07) is 4.06. The number of hydrogen-bond acceptors (Lipinski definition) is 2. The third-order valence-electron chi connectivity index (χ3n) is 2.35. The van der Waals surface area contributed by atoms with Crippen LogP contribution in [0.5, 0.6) is 0 Å². The van der Waals surface area contributed by atoms with Crippen molar-refractivity contribution in [2.75, 3.05) is 0 Å². The minimum Gasteiger partial charge on any atom is -0.291 e. The molecule has 4 heteroatoms. The van der Waals surface area contributed by atoms with Gasteiger partial charge in [-0.2, -0.15) is 0 Å². The fourth-order valence-corrected chi connectivity index (χ4v) is 1.78. The van der Waals surface area contributed by atoms with Crippen molar-refractivity contribution >= 4 is 11.6 Å². The molecule has 0 unspecified atom stereocenters. The average molecular weight is 236 g/mol. The summed E-state index contributed by atoms with van der Waals surface area (Å²) in [5, 5.41) is 0. The summed E-state index contributed by atoms with van der Waals surface area (Å²) in [4.78, 5) is 8.60. The third-order valence-corrected chi connectivity index (χ3v) is 2.66. The average Bonchev–Trinajstić information content (AvgIpc) is 2.82. The van der Waals surface area contributed by atoms with E-state index in [-0.39, 0.29) is 0 Å². The normalized spacial score (nSPS) is 10.6. The second-order valence-corrected chi connectivity index (χ2v) is 3.95. The monoisotopic (exact) mass is 235 g/mol. The molecule has 0 radical (unpaired) electrons. The molecule has 0 saturated heterocycles. The Balaban J connectivity index is 2.41. The van der Waals surface area contributed by atoms with Crippen LogP contribution in [-0.2, 0) is 12.3 Å². The second-order valence-electron chi connectivity index (χ2n) is 3.68. The molecule has 0 atom stereocenters. The van der Waals surface area contributed by atoms with Crippen LogP contribution in [0.1, 0.15) is 24.6 Å². The van der Waals surface area contributed by atoms with Gasteiger partial charge in [-0.05, 0) is 24.1 Å². The van der Waals surface area contributed by atoms with Gasteiger partial charge in [-0.15, -0.1) is 11.6 Å². The lowest BCUT2D eigenvalue weighted by atomic mass is 10.2. The van der Waals surface area contributed by atoms with Crippen LogP contribution < -0.4 is 0 Å². The van der Waals surface area contributed by atoms with Crippen molar-refractivity contribution < 1.29 is 0 Å².